The molecule has 0 bridgehead atoms. The molecule has 1 saturated heterocycles. The molecule has 7 atom stereocenters. The third-order valence-electron chi connectivity index (χ3n) is 12.1. The van der Waals surface area contributed by atoms with Gasteiger partial charge in [-0.05, 0) is 95.8 Å². The predicted molar refractivity (Wildman–Crippen MR) is 208 cm³/mol. The van der Waals surface area contributed by atoms with E-state index in [1.54, 1.807) is 33.9 Å². The summed E-state index contributed by atoms with van der Waals surface area (Å²) in [6.45, 7) is 11.5. The standard InChI is InChI=1S/C41H55N5O9S/c1-7-25-20-24(2)10-8-9-11-27-22-41(27,37(49)45-56(51,52)40(6)16-17-40)44-34(47)31-21-28(23-46(31)36(48)32(25)43-38(50)55-39(3,4)5)54-35-30-13-12-26-15-19-53-33(26)29(30)14-18-42-35/h9,11-14,18,24-25,27-28,31-32H,7-8,10,15-17,19-23H2,1-6H3,(H,43,50)(H,44,47)(H,45,49)/b11-9-/t24-,25+,27+,28+,31-,32-,41+/m0/s1. The normalized spacial score (nSPS) is 30.6. The first-order chi connectivity index (χ1) is 26.4. The van der Waals surface area contributed by atoms with E-state index in [1.165, 1.54) is 4.90 Å². The van der Waals surface area contributed by atoms with E-state index in [9.17, 15) is 27.6 Å². The van der Waals surface area contributed by atoms with Gasteiger partial charge in [-0.15, -0.1) is 0 Å². The lowest BCUT2D eigenvalue weighted by Gasteiger charge is -2.34. The van der Waals surface area contributed by atoms with Gasteiger partial charge in [-0.2, -0.15) is 0 Å². The van der Waals surface area contributed by atoms with Gasteiger partial charge in [0, 0.05) is 35.7 Å². The number of hydrogen-bond acceptors (Lipinski definition) is 10. The number of fused-ring (bicyclic) bond motifs is 5. The van der Waals surface area contributed by atoms with E-state index in [0.29, 0.717) is 44.6 Å². The molecule has 2 aliphatic carbocycles. The lowest BCUT2D eigenvalue weighted by molar-refractivity contribution is -0.142. The van der Waals surface area contributed by atoms with Gasteiger partial charge < -0.3 is 29.7 Å². The maximum atomic E-state index is 15.0. The molecule has 304 valence electrons. The van der Waals surface area contributed by atoms with E-state index in [-0.39, 0.29) is 31.2 Å². The molecule has 4 heterocycles. The second-order valence-electron chi connectivity index (χ2n) is 17.6. The van der Waals surface area contributed by atoms with Crippen LogP contribution in [0.15, 0.2) is 36.5 Å². The van der Waals surface area contributed by atoms with Crippen molar-refractivity contribution in [3.05, 3.63) is 42.1 Å². The third kappa shape index (κ3) is 7.92. The number of carbonyl (C=O) groups excluding carboxylic acids is 4. The van der Waals surface area contributed by atoms with Gasteiger partial charge in [-0.1, -0.05) is 38.5 Å². The Bertz CT molecular complexity index is 2040. The SMILES string of the molecule is CC[C@@H]1C[C@@H](C)CC/C=C\[C@@H]2C[C@@]2(C(=O)NS(=O)(=O)C2(C)CC2)NC(=O)[C@@H]2C[C@@H](Oc3nccc4c5c(ccc34)CCO5)CN2C(=O)[C@H]1NC(=O)OC(C)(C)C. The molecule has 3 aliphatic heterocycles. The Kier molecular flexibility index (Phi) is 10.5. The van der Waals surface area contributed by atoms with Crippen LogP contribution < -0.4 is 24.8 Å². The van der Waals surface area contributed by atoms with Crippen LogP contribution in [-0.4, -0.2) is 89.3 Å². The van der Waals surface area contributed by atoms with E-state index >= 15 is 0 Å². The fraction of sp³-hybridized carbons (Fsp3) is 0.634. The number of sulfonamides is 1. The molecule has 15 heteroatoms. The number of nitrogens with zero attached hydrogens (tertiary/aromatic N) is 2. The molecular formula is C41H55N5O9S. The molecule has 7 rings (SSSR count). The Balaban J connectivity index is 1.24. The van der Waals surface area contributed by atoms with Crippen LogP contribution in [0.1, 0.15) is 98.5 Å². The highest BCUT2D eigenvalue weighted by Crippen LogP contribution is 2.48. The zero-order valence-corrected chi connectivity index (χ0v) is 34.0. The third-order valence-corrected chi connectivity index (χ3v) is 14.3. The lowest BCUT2D eigenvalue weighted by Crippen LogP contribution is -2.59. The van der Waals surface area contributed by atoms with Crippen LogP contribution in [0.5, 0.6) is 11.6 Å². The van der Waals surface area contributed by atoms with Crippen LogP contribution in [0.2, 0.25) is 0 Å². The number of aromatic nitrogens is 1. The number of benzene rings is 1. The zero-order valence-electron chi connectivity index (χ0n) is 33.2. The Morgan fingerprint density at radius 2 is 1.89 bits per heavy atom. The number of nitrogens with one attached hydrogen (secondary N) is 3. The molecule has 2 saturated carbocycles. The van der Waals surface area contributed by atoms with Gasteiger partial charge in [-0.3, -0.25) is 19.1 Å². The Morgan fingerprint density at radius 3 is 2.61 bits per heavy atom. The van der Waals surface area contributed by atoms with Crippen LogP contribution in [0.4, 0.5) is 4.79 Å². The van der Waals surface area contributed by atoms with Crippen molar-refractivity contribution in [3.8, 4) is 11.6 Å². The van der Waals surface area contributed by atoms with Gasteiger partial charge in [0.15, 0.2) is 0 Å². The van der Waals surface area contributed by atoms with Crippen LogP contribution in [-0.2, 0) is 35.6 Å². The molecule has 0 spiro atoms. The Morgan fingerprint density at radius 1 is 1.12 bits per heavy atom. The summed E-state index contributed by atoms with van der Waals surface area (Å²) in [6.07, 6.45) is 8.66. The van der Waals surface area contributed by atoms with Crippen LogP contribution in [0.3, 0.4) is 0 Å². The molecule has 4 amide bonds. The van der Waals surface area contributed by atoms with Crippen molar-refractivity contribution in [2.24, 2.45) is 17.8 Å². The first-order valence-electron chi connectivity index (χ1n) is 20.0. The summed E-state index contributed by atoms with van der Waals surface area (Å²) in [6, 6.07) is 3.64. The molecule has 2 aromatic rings. The summed E-state index contributed by atoms with van der Waals surface area (Å²) in [5.74, 6) is -1.34. The maximum absolute atomic E-state index is 15.0. The number of alkyl carbamates (subject to hydrolysis) is 1. The van der Waals surface area contributed by atoms with Crippen molar-refractivity contribution in [2.45, 2.75) is 133 Å². The highest BCUT2D eigenvalue weighted by atomic mass is 32.2. The summed E-state index contributed by atoms with van der Waals surface area (Å²) >= 11 is 0. The number of ether oxygens (including phenoxy) is 3. The second kappa shape index (κ2) is 14.8. The zero-order chi connectivity index (χ0) is 40.2. The lowest BCUT2D eigenvalue weighted by atomic mass is 9.85. The number of amides is 4. The number of allylic oxidation sites excluding steroid dienone is 1. The van der Waals surface area contributed by atoms with Crippen molar-refractivity contribution in [1.29, 1.82) is 0 Å². The number of carbonyl (C=O) groups is 4. The van der Waals surface area contributed by atoms with Gasteiger partial charge in [0.25, 0.3) is 5.91 Å². The smallest absolute Gasteiger partial charge is 0.408 e. The monoisotopic (exact) mass is 793 g/mol. The van der Waals surface area contributed by atoms with E-state index in [1.807, 2.05) is 37.3 Å². The maximum Gasteiger partial charge on any atom is 0.408 e. The first kappa shape index (κ1) is 39.8. The van der Waals surface area contributed by atoms with Crippen molar-refractivity contribution in [3.63, 3.8) is 0 Å². The quantitative estimate of drug-likeness (QED) is 0.333. The topological polar surface area (TPSA) is 182 Å². The van der Waals surface area contributed by atoms with E-state index < -0.39 is 73.8 Å². The average molecular weight is 794 g/mol. The summed E-state index contributed by atoms with van der Waals surface area (Å²) in [7, 11) is -4.00. The van der Waals surface area contributed by atoms with E-state index in [2.05, 4.69) is 27.3 Å². The molecule has 3 fully saturated rings. The molecule has 14 nitrogen and oxygen atoms in total. The summed E-state index contributed by atoms with van der Waals surface area (Å²) in [5, 5.41) is 7.38. The number of rotatable bonds is 7. The van der Waals surface area contributed by atoms with Crippen molar-refractivity contribution >= 4 is 44.6 Å². The molecule has 56 heavy (non-hydrogen) atoms. The van der Waals surface area contributed by atoms with Crippen LogP contribution in [0, 0.1) is 17.8 Å². The van der Waals surface area contributed by atoms with Crippen LogP contribution in [0.25, 0.3) is 10.8 Å². The van der Waals surface area contributed by atoms with Gasteiger partial charge >= 0.3 is 6.09 Å². The molecule has 1 aromatic carbocycles. The molecule has 5 aliphatic rings. The fourth-order valence-corrected chi connectivity index (χ4v) is 9.69. The Labute approximate surface area is 328 Å². The van der Waals surface area contributed by atoms with Crippen LogP contribution >= 0.6 is 0 Å². The van der Waals surface area contributed by atoms with E-state index in [0.717, 1.165) is 34.9 Å². The molecular weight excluding hydrogens is 739 g/mol. The van der Waals surface area contributed by atoms with E-state index in [4.69, 9.17) is 14.2 Å². The minimum Gasteiger partial charge on any atom is -0.492 e. The van der Waals surface area contributed by atoms with Gasteiger partial charge in [0.1, 0.15) is 35.1 Å². The number of hydrogen-bond donors (Lipinski definition) is 3. The molecule has 0 unspecified atom stereocenters. The summed E-state index contributed by atoms with van der Waals surface area (Å²) < 4.78 is 45.8. The highest BCUT2D eigenvalue weighted by molar-refractivity contribution is 7.91. The highest BCUT2D eigenvalue weighted by Gasteiger charge is 2.63. The summed E-state index contributed by atoms with van der Waals surface area (Å²) in [4.78, 5) is 62.8. The van der Waals surface area contributed by atoms with Crippen molar-refractivity contribution in [2.75, 3.05) is 13.2 Å². The molecule has 0 radical (unpaired) electrons. The molecule has 1 aromatic heterocycles. The fourth-order valence-electron chi connectivity index (χ4n) is 8.38. The Hall–Kier alpha value is -4.40. The first-order valence-corrected chi connectivity index (χ1v) is 21.5. The van der Waals surface area contributed by atoms with Gasteiger partial charge in [0.2, 0.25) is 27.7 Å². The van der Waals surface area contributed by atoms with Crippen molar-refractivity contribution < 1.29 is 41.8 Å². The average Bonchev–Trinajstić information content (AvgIpc) is 3.91. The van der Waals surface area contributed by atoms with Gasteiger partial charge in [-0.25, -0.2) is 18.2 Å². The molecule has 3 N–H and O–H groups in total. The summed E-state index contributed by atoms with van der Waals surface area (Å²) in [5.41, 5.74) is -1.25. The predicted octanol–water partition coefficient (Wildman–Crippen LogP) is 4.69. The number of pyridine rings is 1. The van der Waals surface area contributed by atoms with Gasteiger partial charge in [0.05, 0.1) is 17.9 Å². The largest absolute Gasteiger partial charge is 0.492 e. The minimum absolute atomic E-state index is 0.00975. The second-order valence-corrected chi connectivity index (χ2v) is 19.8. The van der Waals surface area contributed by atoms with Crippen molar-refractivity contribution in [1.82, 2.24) is 25.2 Å². The minimum atomic E-state index is -4.00.